The molecule has 1 aliphatic heterocycles. The lowest BCUT2D eigenvalue weighted by atomic mass is 9.89. The number of aryl methyl sites for hydroxylation is 2. The summed E-state index contributed by atoms with van der Waals surface area (Å²) < 4.78 is 13.2. The molecule has 1 amide bonds. The Labute approximate surface area is 157 Å². The van der Waals surface area contributed by atoms with E-state index in [1.54, 1.807) is 0 Å². The zero-order valence-electron chi connectivity index (χ0n) is 15.2. The number of hydrogen-bond donors (Lipinski definition) is 1. The summed E-state index contributed by atoms with van der Waals surface area (Å²) in [5, 5.41) is 3.04. The van der Waals surface area contributed by atoms with Crippen LogP contribution in [0.1, 0.15) is 23.4 Å². The summed E-state index contributed by atoms with van der Waals surface area (Å²) in [6.45, 7) is 3.16. The van der Waals surface area contributed by atoms with E-state index in [-0.39, 0.29) is 11.8 Å². The number of imidazole rings is 1. The van der Waals surface area contributed by atoms with Crippen molar-refractivity contribution in [3.63, 3.8) is 0 Å². The lowest BCUT2D eigenvalue weighted by Crippen LogP contribution is -2.28. The molecule has 2 aromatic heterocycles. The first-order chi connectivity index (χ1) is 13.2. The van der Waals surface area contributed by atoms with Gasteiger partial charge in [0.25, 0.3) is 0 Å². The van der Waals surface area contributed by atoms with E-state index >= 15 is 0 Å². The van der Waals surface area contributed by atoms with Crippen LogP contribution in [0.15, 0.2) is 36.5 Å². The molecule has 1 N–H and O–H groups in total. The fourth-order valence-corrected chi connectivity index (χ4v) is 3.90. The Bertz CT molecular complexity index is 1040. The van der Waals surface area contributed by atoms with E-state index in [2.05, 4.69) is 35.0 Å². The first-order valence-corrected chi connectivity index (χ1v) is 9.34. The second-order valence-electron chi connectivity index (χ2n) is 7.22. The van der Waals surface area contributed by atoms with Gasteiger partial charge in [0.15, 0.2) is 11.5 Å². The van der Waals surface area contributed by atoms with Crippen molar-refractivity contribution in [2.45, 2.75) is 26.2 Å². The van der Waals surface area contributed by atoms with Crippen LogP contribution in [-0.4, -0.2) is 28.5 Å². The van der Waals surface area contributed by atoms with Crippen LogP contribution < -0.4 is 14.8 Å². The van der Waals surface area contributed by atoms with Crippen molar-refractivity contribution in [2.75, 3.05) is 18.5 Å². The summed E-state index contributed by atoms with van der Waals surface area (Å²) in [5.74, 6) is 1.39. The number of nitrogens with zero attached hydrogens (tertiary/aromatic N) is 2. The second kappa shape index (κ2) is 6.30. The number of fused-ring (bicyclic) bond motifs is 4. The maximum Gasteiger partial charge on any atom is 0.227 e. The molecular weight excluding hydrogens is 342 g/mol. The van der Waals surface area contributed by atoms with Gasteiger partial charge in [0.05, 0.1) is 5.69 Å². The quantitative estimate of drug-likeness (QED) is 0.760. The van der Waals surface area contributed by atoms with Crippen molar-refractivity contribution in [1.82, 2.24) is 9.38 Å². The maximum absolute atomic E-state index is 12.8. The Morgan fingerprint density at radius 1 is 1.19 bits per heavy atom. The summed E-state index contributed by atoms with van der Waals surface area (Å²) in [4.78, 5) is 17.6. The Kier molecular flexibility index (Phi) is 3.77. The molecule has 1 atom stereocenters. The Morgan fingerprint density at radius 3 is 2.93 bits per heavy atom. The van der Waals surface area contributed by atoms with Crippen molar-refractivity contribution in [3.05, 3.63) is 53.5 Å². The number of hydrogen-bond acceptors (Lipinski definition) is 4. The summed E-state index contributed by atoms with van der Waals surface area (Å²) in [6.07, 6.45) is 4.40. The summed E-state index contributed by atoms with van der Waals surface area (Å²) >= 11 is 0. The van der Waals surface area contributed by atoms with Crippen LogP contribution in [-0.2, 0) is 17.6 Å². The molecular formula is C21H21N3O3. The zero-order valence-corrected chi connectivity index (χ0v) is 15.2. The smallest absolute Gasteiger partial charge is 0.227 e. The predicted octanol–water partition coefficient (Wildman–Crippen LogP) is 3.16. The van der Waals surface area contributed by atoms with Crippen LogP contribution in [0, 0.1) is 12.8 Å². The van der Waals surface area contributed by atoms with E-state index in [9.17, 15) is 4.79 Å². The highest BCUT2D eigenvalue weighted by Crippen LogP contribution is 2.33. The van der Waals surface area contributed by atoms with Crippen molar-refractivity contribution in [1.29, 1.82) is 0 Å². The van der Waals surface area contributed by atoms with Gasteiger partial charge in [-0.05, 0) is 49.6 Å². The number of benzene rings is 1. The number of pyridine rings is 1. The highest BCUT2D eigenvalue weighted by atomic mass is 16.6. The minimum Gasteiger partial charge on any atom is -0.486 e. The van der Waals surface area contributed by atoms with Crippen LogP contribution in [0.5, 0.6) is 11.5 Å². The number of rotatable bonds is 2. The normalized spacial score (nSPS) is 18.2. The molecule has 6 heteroatoms. The van der Waals surface area contributed by atoms with Gasteiger partial charge in [0, 0.05) is 36.0 Å². The molecule has 6 nitrogen and oxygen atoms in total. The van der Waals surface area contributed by atoms with Crippen LogP contribution in [0.3, 0.4) is 0 Å². The Hall–Kier alpha value is -3.02. The third kappa shape index (κ3) is 2.91. The molecule has 3 aromatic rings. The number of carbonyl (C=O) groups is 1. The van der Waals surface area contributed by atoms with Crippen LogP contribution >= 0.6 is 0 Å². The minimum absolute atomic E-state index is 0.0411. The first-order valence-electron chi connectivity index (χ1n) is 9.34. The summed E-state index contributed by atoms with van der Waals surface area (Å²) in [5.41, 5.74) is 5.16. The largest absolute Gasteiger partial charge is 0.486 e. The number of ether oxygens (including phenoxy) is 2. The number of carbonyl (C=O) groups excluding carboxylic acids is 1. The average Bonchev–Trinajstić information content (AvgIpc) is 3.04. The standard InChI is InChI=1S/C21H21N3O3/c1-13-6-7-24-17-11-14(2-4-16(17)23-20(24)10-13)21(25)22-15-3-5-18-19(12-15)27-9-8-26-18/h3,5-7,10,12,14H,2,4,8-9,11H2,1H3,(H,22,25). The lowest BCUT2D eigenvalue weighted by molar-refractivity contribution is -0.120. The van der Waals surface area contributed by atoms with Crippen LogP contribution in [0.2, 0.25) is 0 Å². The van der Waals surface area contributed by atoms with E-state index in [0.29, 0.717) is 25.4 Å². The lowest BCUT2D eigenvalue weighted by Gasteiger charge is -2.22. The highest BCUT2D eigenvalue weighted by Gasteiger charge is 2.28. The molecule has 0 spiro atoms. The van der Waals surface area contributed by atoms with Crippen molar-refractivity contribution in [3.8, 4) is 11.5 Å². The molecule has 0 saturated heterocycles. The number of aromatic nitrogens is 2. The van der Waals surface area contributed by atoms with Crippen molar-refractivity contribution >= 4 is 17.2 Å². The predicted molar refractivity (Wildman–Crippen MR) is 102 cm³/mol. The number of amides is 1. The monoisotopic (exact) mass is 363 g/mol. The number of anilines is 1. The molecule has 0 radical (unpaired) electrons. The maximum atomic E-state index is 12.8. The molecule has 5 rings (SSSR count). The van der Waals surface area contributed by atoms with E-state index in [1.165, 1.54) is 5.56 Å². The van der Waals surface area contributed by atoms with Gasteiger partial charge >= 0.3 is 0 Å². The molecule has 1 unspecified atom stereocenters. The van der Waals surface area contributed by atoms with Crippen molar-refractivity contribution in [2.24, 2.45) is 5.92 Å². The SMILES string of the molecule is Cc1ccn2c3c(nc2c1)CCC(C(=O)Nc1ccc2c(c1)OCCO2)C3. The molecule has 138 valence electrons. The third-order valence-corrected chi connectivity index (χ3v) is 5.31. The highest BCUT2D eigenvalue weighted by molar-refractivity contribution is 5.93. The first kappa shape index (κ1) is 16.2. The minimum atomic E-state index is -0.0631. The molecule has 2 aliphatic rings. The summed E-state index contributed by atoms with van der Waals surface area (Å²) in [7, 11) is 0. The van der Waals surface area contributed by atoms with Gasteiger partial charge < -0.3 is 19.2 Å². The average molecular weight is 363 g/mol. The number of nitrogens with one attached hydrogen (secondary N) is 1. The van der Waals surface area contributed by atoms with E-state index in [4.69, 9.17) is 14.5 Å². The third-order valence-electron chi connectivity index (χ3n) is 5.31. The van der Waals surface area contributed by atoms with Gasteiger partial charge in [0.1, 0.15) is 18.9 Å². The van der Waals surface area contributed by atoms with E-state index in [0.717, 1.165) is 41.3 Å². The molecule has 1 aliphatic carbocycles. The Morgan fingerprint density at radius 2 is 2.04 bits per heavy atom. The summed E-state index contributed by atoms with van der Waals surface area (Å²) in [6, 6.07) is 9.70. The van der Waals surface area contributed by atoms with Gasteiger partial charge in [0.2, 0.25) is 5.91 Å². The van der Waals surface area contributed by atoms with E-state index < -0.39 is 0 Å². The topological polar surface area (TPSA) is 64.9 Å². The van der Waals surface area contributed by atoms with E-state index in [1.807, 2.05) is 18.2 Å². The van der Waals surface area contributed by atoms with Crippen LogP contribution in [0.25, 0.3) is 5.65 Å². The molecule has 0 fully saturated rings. The van der Waals surface area contributed by atoms with Crippen molar-refractivity contribution < 1.29 is 14.3 Å². The fourth-order valence-electron chi connectivity index (χ4n) is 3.90. The molecule has 3 heterocycles. The molecule has 0 bridgehead atoms. The molecule has 27 heavy (non-hydrogen) atoms. The molecule has 1 aromatic carbocycles. The second-order valence-corrected chi connectivity index (χ2v) is 7.22. The van der Waals surface area contributed by atoms with Crippen LogP contribution in [0.4, 0.5) is 5.69 Å². The van der Waals surface area contributed by atoms with Gasteiger partial charge in [-0.15, -0.1) is 0 Å². The fraction of sp³-hybridized carbons (Fsp3) is 0.333. The Balaban J connectivity index is 1.35. The van der Waals surface area contributed by atoms with Gasteiger partial charge in [-0.25, -0.2) is 4.98 Å². The van der Waals surface area contributed by atoms with Gasteiger partial charge in [-0.1, -0.05) is 0 Å². The molecule has 0 saturated carbocycles. The van der Waals surface area contributed by atoms with Gasteiger partial charge in [-0.2, -0.15) is 0 Å². The van der Waals surface area contributed by atoms with Gasteiger partial charge in [-0.3, -0.25) is 4.79 Å². The zero-order chi connectivity index (χ0) is 18.4.